The van der Waals surface area contributed by atoms with Crippen LogP contribution in [-0.2, 0) is 0 Å². The normalized spacial score (nSPS) is 19.7. The van der Waals surface area contributed by atoms with Crippen LogP contribution < -0.4 is 0 Å². The highest BCUT2D eigenvalue weighted by Gasteiger charge is 2.48. The van der Waals surface area contributed by atoms with Gasteiger partial charge in [-0.15, -0.1) is 0 Å². The van der Waals surface area contributed by atoms with Crippen LogP contribution in [0.3, 0.4) is 0 Å². The van der Waals surface area contributed by atoms with E-state index in [1.165, 1.54) is 0 Å². The Balaban J connectivity index is 2.27. The summed E-state index contributed by atoms with van der Waals surface area (Å²) in [4.78, 5) is 23.2. The van der Waals surface area contributed by atoms with Crippen molar-refractivity contribution in [3.63, 3.8) is 0 Å². The SMILES string of the molecule is O=C(c1ccc([N+](=O)[O-])cc1Cl)N1CCCC1C(O)C(F)(F)F. The number of amides is 1. The molecule has 0 aromatic heterocycles. The number of carbonyl (C=O) groups excluding carboxylic acids is 1. The van der Waals surface area contributed by atoms with Crippen LogP contribution in [0.5, 0.6) is 0 Å². The van der Waals surface area contributed by atoms with E-state index < -0.39 is 29.2 Å². The van der Waals surface area contributed by atoms with E-state index in [4.69, 9.17) is 11.6 Å². The quantitative estimate of drug-likeness (QED) is 0.669. The van der Waals surface area contributed by atoms with Crippen molar-refractivity contribution in [3.8, 4) is 0 Å². The highest BCUT2D eigenvalue weighted by molar-refractivity contribution is 6.34. The largest absolute Gasteiger partial charge is 0.416 e. The minimum atomic E-state index is -4.84. The molecule has 1 aliphatic rings. The molecule has 1 aromatic carbocycles. The topological polar surface area (TPSA) is 83.7 Å². The second-order valence-corrected chi connectivity index (χ2v) is 5.52. The predicted molar refractivity (Wildman–Crippen MR) is 74.2 cm³/mol. The fraction of sp³-hybridized carbons (Fsp3) is 0.462. The van der Waals surface area contributed by atoms with Gasteiger partial charge in [0.05, 0.1) is 21.6 Å². The lowest BCUT2D eigenvalue weighted by atomic mass is 10.1. The Kier molecular flexibility index (Phi) is 4.81. The smallest absolute Gasteiger partial charge is 0.382 e. The number of nitro groups is 1. The van der Waals surface area contributed by atoms with Crippen molar-refractivity contribution in [1.82, 2.24) is 4.90 Å². The van der Waals surface area contributed by atoms with Crippen LogP contribution in [0.4, 0.5) is 18.9 Å². The number of non-ortho nitro benzene ring substituents is 1. The second kappa shape index (κ2) is 6.32. The molecule has 0 bridgehead atoms. The van der Waals surface area contributed by atoms with Crippen LogP contribution in [0.25, 0.3) is 0 Å². The summed E-state index contributed by atoms with van der Waals surface area (Å²) in [5.74, 6) is -0.796. The molecular formula is C13H12ClF3N2O4. The van der Waals surface area contributed by atoms with Gasteiger partial charge in [-0.1, -0.05) is 11.6 Å². The summed E-state index contributed by atoms with van der Waals surface area (Å²) in [7, 11) is 0. The number of halogens is 4. The van der Waals surface area contributed by atoms with Crippen molar-refractivity contribution in [2.75, 3.05) is 6.54 Å². The summed E-state index contributed by atoms with van der Waals surface area (Å²) in [6, 6.07) is 1.71. The molecule has 23 heavy (non-hydrogen) atoms. The lowest BCUT2D eigenvalue weighted by Gasteiger charge is -2.30. The number of nitrogens with zero attached hydrogens (tertiary/aromatic N) is 2. The lowest BCUT2D eigenvalue weighted by Crippen LogP contribution is -2.49. The molecule has 0 spiro atoms. The number of nitro benzene ring substituents is 1. The van der Waals surface area contributed by atoms with Crippen molar-refractivity contribution in [2.45, 2.75) is 31.2 Å². The third-order valence-corrected chi connectivity index (χ3v) is 3.97. The first kappa shape index (κ1) is 17.5. The van der Waals surface area contributed by atoms with Gasteiger partial charge in [-0.05, 0) is 18.9 Å². The Morgan fingerprint density at radius 3 is 2.65 bits per heavy atom. The highest BCUT2D eigenvalue weighted by Crippen LogP contribution is 2.33. The van der Waals surface area contributed by atoms with E-state index in [9.17, 15) is 33.2 Å². The fourth-order valence-electron chi connectivity index (χ4n) is 2.54. The van der Waals surface area contributed by atoms with Gasteiger partial charge >= 0.3 is 6.18 Å². The molecule has 1 saturated heterocycles. The molecule has 2 unspecified atom stereocenters. The summed E-state index contributed by atoms with van der Waals surface area (Å²) in [6.07, 6.45) is -7.16. The van der Waals surface area contributed by atoms with Gasteiger partial charge in [-0.2, -0.15) is 13.2 Å². The average molecular weight is 353 g/mol. The van der Waals surface area contributed by atoms with Crippen molar-refractivity contribution >= 4 is 23.2 Å². The number of hydrogen-bond acceptors (Lipinski definition) is 4. The summed E-state index contributed by atoms with van der Waals surface area (Å²) < 4.78 is 38.0. The van der Waals surface area contributed by atoms with Gasteiger partial charge in [-0.25, -0.2) is 0 Å². The highest BCUT2D eigenvalue weighted by atomic mass is 35.5. The van der Waals surface area contributed by atoms with E-state index in [1.54, 1.807) is 0 Å². The molecule has 126 valence electrons. The van der Waals surface area contributed by atoms with Gasteiger partial charge in [-0.3, -0.25) is 14.9 Å². The molecule has 6 nitrogen and oxygen atoms in total. The maximum Gasteiger partial charge on any atom is 0.416 e. The maximum absolute atomic E-state index is 12.7. The zero-order valence-electron chi connectivity index (χ0n) is 11.6. The van der Waals surface area contributed by atoms with Gasteiger partial charge in [0.15, 0.2) is 6.10 Å². The molecule has 1 N–H and O–H groups in total. The van der Waals surface area contributed by atoms with Gasteiger partial charge < -0.3 is 10.0 Å². The number of rotatable bonds is 3. The van der Waals surface area contributed by atoms with E-state index in [0.717, 1.165) is 23.1 Å². The Morgan fingerprint density at radius 1 is 1.48 bits per heavy atom. The third kappa shape index (κ3) is 3.56. The van der Waals surface area contributed by atoms with Crippen LogP contribution in [0.1, 0.15) is 23.2 Å². The van der Waals surface area contributed by atoms with Crippen LogP contribution >= 0.6 is 11.6 Å². The van der Waals surface area contributed by atoms with Gasteiger partial charge in [0.1, 0.15) is 0 Å². The Bertz CT molecular complexity index is 638. The summed E-state index contributed by atoms with van der Waals surface area (Å²) in [5, 5.41) is 19.8. The molecule has 1 aliphatic heterocycles. The van der Waals surface area contributed by atoms with Crippen LogP contribution in [0.15, 0.2) is 18.2 Å². The van der Waals surface area contributed by atoms with Gasteiger partial charge in [0.25, 0.3) is 11.6 Å². The maximum atomic E-state index is 12.7. The van der Waals surface area contributed by atoms with E-state index >= 15 is 0 Å². The lowest BCUT2D eigenvalue weighted by molar-refractivity contribution is -0.384. The average Bonchev–Trinajstić information content (AvgIpc) is 2.93. The number of carbonyl (C=O) groups is 1. The second-order valence-electron chi connectivity index (χ2n) is 5.12. The first-order chi connectivity index (χ1) is 10.6. The standard InChI is InChI=1S/C13H12ClF3N2O4/c14-9-6-7(19(22)23)3-4-8(9)12(21)18-5-1-2-10(18)11(20)13(15,16)17/h3-4,6,10-11,20H,1-2,5H2. The molecule has 1 amide bonds. The molecule has 0 aliphatic carbocycles. The molecule has 0 radical (unpaired) electrons. The molecular weight excluding hydrogens is 341 g/mol. The van der Waals surface area contributed by atoms with Crippen molar-refractivity contribution < 1.29 is 28.0 Å². The number of aliphatic hydroxyl groups excluding tert-OH is 1. The molecule has 1 aromatic rings. The third-order valence-electron chi connectivity index (χ3n) is 3.65. The molecule has 2 rings (SSSR count). The Labute approximate surface area is 133 Å². The van der Waals surface area contributed by atoms with E-state index in [0.29, 0.717) is 6.42 Å². The summed E-state index contributed by atoms with van der Waals surface area (Å²) in [5.41, 5.74) is -0.474. The Morgan fingerprint density at radius 2 is 2.13 bits per heavy atom. The minimum absolute atomic E-state index is 0.0109. The van der Waals surface area contributed by atoms with Gasteiger partial charge in [0.2, 0.25) is 0 Å². The Hall–Kier alpha value is -1.87. The molecule has 1 heterocycles. The van der Waals surface area contributed by atoms with Crippen LogP contribution in [-0.4, -0.2) is 45.7 Å². The van der Waals surface area contributed by atoms with E-state index in [-0.39, 0.29) is 29.2 Å². The molecule has 2 atom stereocenters. The number of benzene rings is 1. The van der Waals surface area contributed by atoms with Crippen LogP contribution in [0.2, 0.25) is 5.02 Å². The number of hydrogen-bond donors (Lipinski definition) is 1. The molecule has 0 saturated carbocycles. The molecule has 1 fully saturated rings. The summed E-state index contributed by atoms with van der Waals surface area (Å²) >= 11 is 5.83. The van der Waals surface area contributed by atoms with Gasteiger partial charge in [0, 0.05) is 18.7 Å². The zero-order valence-corrected chi connectivity index (χ0v) is 12.3. The zero-order chi connectivity index (χ0) is 17.4. The minimum Gasteiger partial charge on any atom is -0.382 e. The number of alkyl halides is 3. The summed E-state index contributed by atoms with van der Waals surface area (Å²) in [6.45, 7) is 0.0456. The predicted octanol–water partition coefficient (Wildman–Crippen LogP) is 2.78. The number of aliphatic hydroxyl groups is 1. The first-order valence-corrected chi connectivity index (χ1v) is 7.00. The fourth-order valence-corrected chi connectivity index (χ4v) is 2.79. The molecule has 10 heteroatoms. The van der Waals surface area contributed by atoms with Crippen LogP contribution in [0, 0.1) is 10.1 Å². The number of likely N-dealkylation sites (tertiary alicyclic amines) is 1. The van der Waals surface area contributed by atoms with Crippen molar-refractivity contribution in [3.05, 3.63) is 38.9 Å². The van der Waals surface area contributed by atoms with E-state index in [2.05, 4.69) is 0 Å². The van der Waals surface area contributed by atoms with Crippen molar-refractivity contribution in [2.24, 2.45) is 0 Å². The first-order valence-electron chi connectivity index (χ1n) is 6.62. The van der Waals surface area contributed by atoms with Crippen molar-refractivity contribution in [1.29, 1.82) is 0 Å². The monoisotopic (exact) mass is 352 g/mol. The van der Waals surface area contributed by atoms with E-state index in [1.807, 2.05) is 0 Å².